The van der Waals surface area contributed by atoms with Crippen molar-refractivity contribution in [2.45, 2.75) is 10.1 Å². The number of hydrogen-bond acceptors (Lipinski definition) is 5. The zero-order valence-corrected chi connectivity index (χ0v) is 8.55. The summed E-state index contributed by atoms with van der Waals surface area (Å²) in [5.74, 6) is 0. The average molecular weight is 230 g/mol. The SMILES string of the molecule is NS(=O)(=O)c1nc2cc(S)ccc2o1. The number of fused-ring (bicyclic) bond motifs is 1. The minimum atomic E-state index is -3.88. The fraction of sp³-hybridized carbons (Fsp3) is 0. The van der Waals surface area contributed by atoms with Crippen LogP contribution in [0.2, 0.25) is 0 Å². The molecule has 2 N–H and O–H groups in total. The molecule has 0 spiro atoms. The molecular formula is C7H6N2O3S2. The number of rotatable bonds is 1. The smallest absolute Gasteiger partial charge is 0.331 e. The molecule has 0 saturated carbocycles. The Morgan fingerprint density at radius 1 is 1.43 bits per heavy atom. The van der Waals surface area contributed by atoms with E-state index in [-0.39, 0.29) is 0 Å². The second-order valence-corrected chi connectivity index (χ2v) is 4.63. The fourth-order valence-electron chi connectivity index (χ4n) is 1.02. The third-order valence-corrected chi connectivity index (χ3v) is 2.53. The zero-order valence-electron chi connectivity index (χ0n) is 6.84. The molecule has 0 atom stereocenters. The Morgan fingerprint density at radius 3 is 2.79 bits per heavy atom. The summed E-state index contributed by atoms with van der Waals surface area (Å²) in [7, 11) is -3.88. The lowest BCUT2D eigenvalue weighted by molar-refractivity contribution is 0.459. The Kier molecular flexibility index (Phi) is 2.02. The number of thiol groups is 1. The number of sulfonamides is 1. The third kappa shape index (κ3) is 1.61. The molecule has 0 saturated heterocycles. The van der Waals surface area contributed by atoms with Crippen molar-refractivity contribution in [2.24, 2.45) is 5.14 Å². The summed E-state index contributed by atoms with van der Waals surface area (Å²) in [5.41, 5.74) is 0.786. The largest absolute Gasteiger partial charge is 0.427 e. The molecule has 1 aromatic heterocycles. The van der Waals surface area contributed by atoms with Gasteiger partial charge in [0.25, 0.3) is 10.0 Å². The summed E-state index contributed by atoms with van der Waals surface area (Å²) in [4.78, 5) is 4.39. The molecule has 0 aliphatic carbocycles. The van der Waals surface area contributed by atoms with Gasteiger partial charge in [0, 0.05) is 4.90 Å². The maximum Gasteiger partial charge on any atom is 0.331 e. The predicted molar refractivity (Wildman–Crippen MR) is 52.6 cm³/mol. The number of hydrogen-bond donors (Lipinski definition) is 2. The molecule has 5 nitrogen and oxygen atoms in total. The first kappa shape index (κ1) is 9.50. The first-order chi connectivity index (χ1) is 6.47. The lowest BCUT2D eigenvalue weighted by atomic mass is 10.3. The van der Waals surface area contributed by atoms with Crippen molar-refractivity contribution >= 4 is 33.8 Å². The second kappa shape index (κ2) is 2.97. The summed E-state index contributed by atoms with van der Waals surface area (Å²) >= 11 is 4.08. The number of oxazole rings is 1. The van der Waals surface area contributed by atoms with Crippen LogP contribution in [0.3, 0.4) is 0 Å². The van der Waals surface area contributed by atoms with Gasteiger partial charge >= 0.3 is 5.22 Å². The molecule has 0 aliphatic heterocycles. The van der Waals surface area contributed by atoms with Crippen LogP contribution in [0.25, 0.3) is 11.1 Å². The maximum absolute atomic E-state index is 10.9. The van der Waals surface area contributed by atoms with Crippen molar-refractivity contribution < 1.29 is 12.8 Å². The van der Waals surface area contributed by atoms with E-state index in [0.29, 0.717) is 16.0 Å². The number of benzene rings is 1. The Bertz CT molecular complexity index is 588. The number of primary sulfonamides is 1. The van der Waals surface area contributed by atoms with E-state index in [9.17, 15) is 8.42 Å². The monoisotopic (exact) mass is 230 g/mol. The summed E-state index contributed by atoms with van der Waals surface area (Å²) in [5, 5.41) is 4.38. The van der Waals surface area contributed by atoms with E-state index in [0.717, 1.165) is 0 Å². The standard InChI is InChI=1S/C7H6N2O3S2/c8-14(10,11)7-9-5-3-4(13)1-2-6(5)12-7/h1-3,13H,(H2,8,10,11). The minimum absolute atomic E-state index is 0.367. The molecule has 0 aliphatic rings. The number of nitrogens with two attached hydrogens (primary N) is 1. The Hall–Kier alpha value is -1.05. The molecular weight excluding hydrogens is 224 g/mol. The van der Waals surface area contributed by atoms with Crippen molar-refractivity contribution in [3.63, 3.8) is 0 Å². The number of nitrogens with zero attached hydrogens (tertiary/aromatic N) is 1. The van der Waals surface area contributed by atoms with E-state index >= 15 is 0 Å². The lowest BCUT2D eigenvalue weighted by Gasteiger charge is -1.86. The highest BCUT2D eigenvalue weighted by Gasteiger charge is 2.16. The van der Waals surface area contributed by atoms with Crippen molar-refractivity contribution in [2.75, 3.05) is 0 Å². The summed E-state index contributed by atoms with van der Waals surface area (Å²) < 4.78 is 26.7. The van der Waals surface area contributed by atoms with E-state index in [1.165, 1.54) is 0 Å². The van der Waals surface area contributed by atoms with Gasteiger partial charge in [-0.1, -0.05) is 0 Å². The van der Waals surface area contributed by atoms with Crippen molar-refractivity contribution in [1.29, 1.82) is 0 Å². The van der Waals surface area contributed by atoms with Crippen LogP contribution in [0.4, 0.5) is 0 Å². The molecule has 14 heavy (non-hydrogen) atoms. The van der Waals surface area contributed by atoms with Gasteiger partial charge in [0.15, 0.2) is 5.58 Å². The van der Waals surface area contributed by atoms with Gasteiger partial charge < -0.3 is 4.42 Å². The van der Waals surface area contributed by atoms with Crippen LogP contribution in [0.15, 0.2) is 32.7 Å². The van der Waals surface area contributed by atoms with E-state index in [1.54, 1.807) is 18.2 Å². The molecule has 0 radical (unpaired) electrons. The molecule has 0 amide bonds. The molecule has 1 heterocycles. The van der Waals surface area contributed by atoms with Crippen molar-refractivity contribution in [1.82, 2.24) is 4.98 Å². The first-order valence-corrected chi connectivity index (χ1v) is 5.58. The molecule has 0 bridgehead atoms. The Balaban J connectivity index is 2.75. The quantitative estimate of drug-likeness (QED) is 0.708. The normalized spacial score (nSPS) is 12.1. The minimum Gasteiger partial charge on any atom is -0.427 e. The van der Waals surface area contributed by atoms with Gasteiger partial charge in [-0.2, -0.15) is 4.98 Å². The van der Waals surface area contributed by atoms with Crippen molar-refractivity contribution in [3.8, 4) is 0 Å². The fourth-order valence-corrected chi connectivity index (χ4v) is 1.64. The topological polar surface area (TPSA) is 86.2 Å². The van der Waals surface area contributed by atoms with E-state index in [1.807, 2.05) is 0 Å². The average Bonchev–Trinajstić information content (AvgIpc) is 2.45. The van der Waals surface area contributed by atoms with E-state index < -0.39 is 15.2 Å². The summed E-state index contributed by atoms with van der Waals surface area (Å²) in [6.45, 7) is 0. The van der Waals surface area contributed by atoms with Crippen molar-refractivity contribution in [3.05, 3.63) is 18.2 Å². The molecule has 2 rings (SSSR count). The summed E-state index contributed by atoms with van der Waals surface area (Å²) in [6, 6.07) is 4.85. The zero-order chi connectivity index (χ0) is 10.3. The molecule has 7 heteroatoms. The molecule has 2 aromatic rings. The maximum atomic E-state index is 10.9. The van der Waals surface area contributed by atoms with Crippen LogP contribution in [-0.2, 0) is 10.0 Å². The van der Waals surface area contributed by atoms with Crippen LogP contribution in [0.5, 0.6) is 0 Å². The van der Waals surface area contributed by atoms with Gasteiger partial charge in [0.2, 0.25) is 0 Å². The van der Waals surface area contributed by atoms with Gasteiger partial charge in [0.05, 0.1) is 0 Å². The summed E-state index contributed by atoms with van der Waals surface area (Å²) in [6.07, 6.45) is 0. The molecule has 1 aromatic carbocycles. The van der Waals surface area contributed by atoms with Gasteiger partial charge in [-0.15, -0.1) is 12.6 Å². The van der Waals surface area contributed by atoms with Gasteiger partial charge in [0.1, 0.15) is 5.52 Å². The predicted octanol–water partition coefficient (Wildman–Crippen LogP) is 0.764. The van der Waals surface area contributed by atoms with E-state index in [4.69, 9.17) is 9.56 Å². The van der Waals surface area contributed by atoms with Gasteiger partial charge in [-0.05, 0) is 18.2 Å². The van der Waals surface area contributed by atoms with Crippen LogP contribution in [0, 0.1) is 0 Å². The van der Waals surface area contributed by atoms with Crippen LogP contribution in [0.1, 0.15) is 0 Å². The molecule has 74 valence electrons. The van der Waals surface area contributed by atoms with Gasteiger partial charge in [-0.3, -0.25) is 0 Å². The highest BCUT2D eigenvalue weighted by molar-refractivity contribution is 7.88. The van der Waals surface area contributed by atoms with Gasteiger partial charge in [-0.25, -0.2) is 13.6 Å². The van der Waals surface area contributed by atoms with Crippen LogP contribution >= 0.6 is 12.6 Å². The molecule has 0 fully saturated rings. The second-order valence-electron chi connectivity index (χ2n) is 2.68. The Labute approximate surface area is 85.4 Å². The van der Waals surface area contributed by atoms with E-state index in [2.05, 4.69) is 17.6 Å². The molecule has 0 unspecified atom stereocenters. The van der Waals surface area contributed by atoms with Crippen LogP contribution < -0.4 is 5.14 Å². The highest BCUT2D eigenvalue weighted by Crippen LogP contribution is 2.20. The number of aromatic nitrogens is 1. The Morgan fingerprint density at radius 2 is 2.14 bits per heavy atom. The lowest BCUT2D eigenvalue weighted by Crippen LogP contribution is -2.12. The first-order valence-electron chi connectivity index (χ1n) is 3.59. The third-order valence-electron chi connectivity index (χ3n) is 1.59. The highest BCUT2D eigenvalue weighted by atomic mass is 32.2. The van der Waals surface area contributed by atoms with Crippen LogP contribution in [-0.4, -0.2) is 13.4 Å².